The number of ether oxygens (including phenoxy) is 2. The highest BCUT2D eigenvalue weighted by molar-refractivity contribution is 9.10. The lowest BCUT2D eigenvalue weighted by Gasteiger charge is -2.25. The molecule has 6 heteroatoms. The van der Waals surface area contributed by atoms with Crippen molar-refractivity contribution in [2.45, 2.75) is 26.4 Å². The number of hydrogen-bond donors (Lipinski definition) is 1. The average Bonchev–Trinajstić information content (AvgIpc) is 2.39. The van der Waals surface area contributed by atoms with E-state index in [2.05, 4.69) is 15.9 Å². The first kappa shape index (κ1) is 16.8. The molecule has 0 bridgehead atoms. The second-order valence-electron chi connectivity index (χ2n) is 4.67. The molecule has 0 fully saturated rings. The van der Waals surface area contributed by atoms with E-state index >= 15 is 0 Å². The smallest absolute Gasteiger partial charge is 0.317 e. The maximum Gasteiger partial charge on any atom is 0.317 e. The van der Waals surface area contributed by atoms with Crippen LogP contribution >= 0.6 is 15.9 Å². The maximum absolute atomic E-state index is 10.9. The quantitative estimate of drug-likeness (QED) is 0.823. The van der Waals surface area contributed by atoms with Crippen LogP contribution in [0.25, 0.3) is 0 Å². The molecule has 0 heterocycles. The van der Waals surface area contributed by atoms with Gasteiger partial charge in [-0.15, -0.1) is 0 Å². The van der Waals surface area contributed by atoms with E-state index in [0.29, 0.717) is 18.0 Å². The van der Waals surface area contributed by atoms with Crippen molar-refractivity contribution in [1.82, 2.24) is 4.90 Å². The van der Waals surface area contributed by atoms with E-state index < -0.39 is 5.97 Å². The molecule has 0 aliphatic rings. The van der Waals surface area contributed by atoms with Gasteiger partial charge in [0.15, 0.2) is 11.5 Å². The fourth-order valence-electron chi connectivity index (χ4n) is 1.87. The Kier molecular flexibility index (Phi) is 6.29. The summed E-state index contributed by atoms with van der Waals surface area (Å²) in [6.07, 6.45) is 0. The molecular formula is C14H20BrNO4. The largest absolute Gasteiger partial charge is 0.493 e. The zero-order valence-electron chi connectivity index (χ0n) is 12.1. The van der Waals surface area contributed by atoms with Gasteiger partial charge in [0.05, 0.1) is 25.2 Å². The minimum absolute atomic E-state index is 0.00154. The maximum atomic E-state index is 10.9. The molecule has 0 spiro atoms. The van der Waals surface area contributed by atoms with E-state index in [0.717, 1.165) is 10.0 Å². The molecule has 5 nitrogen and oxygen atoms in total. The van der Waals surface area contributed by atoms with Crippen molar-refractivity contribution in [3.8, 4) is 11.5 Å². The van der Waals surface area contributed by atoms with Crippen LogP contribution in [0.2, 0.25) is 0 Å². The molecule has 0 radical (unpaired) electrons. The van der Waals surface area contributed by atoms with Gasteiger partial charge in [0.2, 0.25) is 0 Å². The molecule has 1 N–H and O–H groups in total. The number of hydrogen-bond acceptors (Lipinski definition) is 4. The van der Waals surface area contributed by atoms with Crippen molar-refractivity contribution < 1.29 is 19.4 Å². The van der Waals surface area contributed by atoms with Crippen LogP contribution in [0.4, 0.5) is 0 Å². The number of carboxylic acids is 1. The summed E-state index contributed by atoms with van der Waals surface area (Å²) in [5.74, 6) is 0.414. The number of carbonyl (C=O) groups is 1. The lowest BCUT2D eigenvalue weighted by molar-refractivity contribution is -0.138. The molecule has 1 aromatic rings. The number of aliphatic carboxylic acids is 1. The number of halogens is 1. The normalized spacial score (nSPS) is 10.9. The van der Waals surface area contributed by atoms with E-state index in [4.69, 9.17) is 14.6 Å². The Morgan fingerprint density at radius 3 is 2.45 bits per heavy atom. The molecule has 0 atom stereocenters. The van der Waals surface area contributed by atoms with Crippen molar-refractivity contribution in [2.24, 2.45) is 0 Å². The van der Waals surface area contributed by atoms with Crippen molar-refractivity contribution in [1.29, 1.82) is 0 Å². The summed E-state index contributed by atoms with van der Waals surface area (Å²) in [7, 11) is 3.15. The number of rotatable bonds is 7. The highest BCUT2D eigenvalue weighted by atomic mass is 79.9. The van der Waals surface area contributed by atoms with Crippen LogP contribution in [0.3, 0.4) is 0 Å². The Morgan fingerprint density at radius 1 is 1.35 bits per heavy atom. The molecular weight excluding hydrogens is 326 g/mol. The van der Waals surface area contributed by atoms with Gasteiger partial charge in [0.25, 0.3) is 0 Å². The first-order chi connectivity index (χ1) is 9.40. The summed E-state index contributed by atoms with van der Waals surface area (Å²) >= 11 is 3.50. The van der Waals surface area contributed by atoms with Gasteiger partial charge in [0.1, 0.15) is 0 Å². The standard InChI is InChI=1S/C14H20BrNO4/c1-9(2)16(8-12(17)18)7-10-5-6-11(19-3)14(20-4)13(10)15/h5-6,9H,7-8H2,1-4H3,(H,17,18). The number of benzene rings is 1. The van der Waals surface area contributed by atoms with E-state index in [9.17, 15) is 4.79 Å². The molecule has 112 valence electrons. The first-order valence-electron chi connectivity index (χ1n) is 6.25. The fourth-order valence-corrected chi connectivity index (χ4v) is 2.48. The summed E-state index contributed by atoms with van der Waals surface area (Å²) in [6, 6.07) is 3.85. The van der Waals surface area contributed by atoms with Gasteiger partial charge in [0, 0.05) is 12.6 Å². The lowest BCUT2D eigenvalue weighted by Crippen LogP contribution is -2.35. The van der Waals surface area contributed by atoms with E-state index in [1.54, 1.807) is 14.2 Å². The summed E-state index contributed by atoms with van der Waals surface area (Å²) in [5, 5.41) is 8.96. The molecule has 0 aliphatic heterocycles. The lowest BCUT2D eigenvalue weighted by atomic mass is 10.1. The summed E-state index contributed by atoms with van der Waals surface area (Å²) in [6.45, 7) is 4.46. The van der Waals surface area contributed by atoms with Crippen molar-refractivity contribution in [3.63, 3.8) is 0 Å². The molecule has 20 heavy (non-hydrogen) atoms. The SMILES string of the molecule is COc1ccc(CN(CC(=O)O)C(C)C)c(Br)c1OC. The van der Waals surface area contributed by atoms with E-state index in [-0.39, 0.29) is 12.6 Å². The summed E-state index contributed by atoms with van der Waals surface area (Å²) in [4.78, 5) is 12.8. The van der Waals surface area contributed by atoms with Gasteiger partial charge in [-0.05, 0) is 41.4 Å². The third-order valence-corrected chi connectivity index (χ3v) is 3.88. The van der Waals surface area contributed by atoms with Gasteiger partial charge in [-0.1, -0.05) is 6.07 Å². The third kappa shape index (κ3) is 4.11. The topological polar surface area (TPSA) is 59.0 Å². The molecule has 1 aromatic carbocycles. The predicted molar refractivity (Wildman–Crippen MR) is 80.4 cm³/mol. The average molecular weight is 346 g/mol. The zero-order valence-corrected chi connectivity index (χ0v) is 13.7. The van der Waals surface area contributed by atoms with Gasteiger partial charge in [-0.3, -0.25) is 9.69 Å². The van der Waals surface area contributed by atoms with Crippen molar-refractivity contribution in [3.05, 3.63) is 22.2 Å². The summed E-state index contributed by atoms with van der Waals surface area (Å²) in [5.41, 5.74) is 0.956. The van der Waals surface area contributed by atoms with Crippen LogP contribution in [0, 0.1) is 0 Å². The fraction of sp³-hybridized carbons (Fsp3) is 0.500. The highest BCUT2D eigenvalue weighted by Crippen LogP contribution is 2.38. The monoisotopic (exact) mass is 345 g/mol. The van der Waals surface area contributed by atoms with Crippen LogP contribution in [-0.4, -0.2) is 42.8 Å². The first-order valence-corrected chi connectivity index (χ1v) is 7.05. The molecule has 0 saturated carbocycles. The minimum atomic E-state index is -0.838. The second-order valence-corrected chi connectivity index (χ2v) is 5.46. The van der Waals surface area contributed by atoms with Crippen LogP contribution in [0.5, 0.6) is 11.5 Å². The number of carboxylic acid groups (broad SMARTS) is 1. The van der Waals surface area contributed by atoms with Crippen molar-refractivity contribution >= 4 is 21.9 Å². The van der Waals surface area contributed by atoms with Crippen LogP contribution in [0.1, 0.15) is 19.4 Å². The Morgan fingerprint density at radius 2 is 2.00 bits per heavy atom. The predicted octanol–water partition coefficient (Wildman–Crippen LogP) is 2.76. The Hall–Kier alpha value is -1.27. The Bertz CT molecular complexity index is 476. The molecule has 0 aromatic heterocycles. The van der Waals surface area contributed by atoms with Crippen LogP contribution < -0.4 is 9.47 Å². The highest BCUT2D eigenvalue weighted by Gasteiger charge is 2.18. The summed E-state index contributed by atoms with van der Waals surface area (Å²) < 4.78 is 11.3. The Labute approximate surface area is 127 Å². The van der Waals surface area contributed by atoms with Crippen molar-refractivity contribution in [2.75, 3.05) is 20.8 Å². The minimum Gasteiger partial charge on any atom is -0.493 e. The Balaban J connectivity index is 3.04. The van der Waals surface area contributed by atoms with E-state index in [1.807, 2.05) is 30.9 Å². The molecule has 0 aliphatic carbocycles. The second kappa shape index (κ2) is 7.50. The molecule has 1 rings (SSSR count). The van der Waals surface area contributed by atoms with Gasteiger partial charge >= 0.3 is 5.97 Å². The van der Waals surface area contributed by atoms with Gasteiger partial charge in [-0.2, -0.15) is 0 Å². The van der Waals surface area contributed by atoms with Gasteiger partial charge in [-0.25, -0.2) is 0 Å². The van der Waals surface area contributed by atoms with Gasteiger partial charge < -0.3 is 14.6 Å². The molecule has 0 unspecified atom stereocenters. The molecule has 0 amide bonds. The number of methoxy groups -OCH3 is 2. The van der Waals surface area contributed by atoms with Crippen LogP contribution in [0.15, 0.2) is 16.6 Å². The third-order valence-electron chi connectivity index (χ3n) is 3.01. The van der Waals surface area contributed by atoms with Crippen LogP contribution in [-0.2, 0) is 11.3 Å². The zero-order chi connectivity index (χ0) is 15.3. The van der Waals surface area contributed by atoms with E-state index in [1.165, 1.54) is 0 Å². The number of nitrogens with zero attached hydrogens (tertiary/aromatic N) is 1. The molecule has 0 saturated heterocycles.